The van der Waals surface area contributed by atoms with Crippen LogP contribution in [0.5, 0.6) is 0 Å². The first-order valence-electron chi connectivity index (χ1n) is 4.38. The fraction of sp³-hybridized carbons (Fsp3) is 1.00. The van der Waals surface area contributed by atoms with Gasteiger partial charge in [-0.1, -0.05) is 13.8 Å². The largest absolute Gasteiger partial charge is 1.00 e. The van der Waals surface area contributed by atoms with E-state index in [1.807, 2.05) is 0 Å². The van der Waals surface area contributed by atoms with Crippen LogP contribution in [0.3, 0.4) is 0 Å². The van der Waals surface area contributed by atoms with Crippen molar-refractivity contribution >= 4 is 10.1 Å². The van der Waals surface area contributed by atoms with E-state index < -0.39 is 21.5 Å². The molecule has 0 spiro atoms. The number of aliphatic hydroxyl groups excluding tert-OH is 1. The normalized spacial score (nSPS) is 16.1. The predicted octanol–water partition coefficient (Wildman–Crippen LogP) is -2.28. The molecule has 80 valence electrons. The molecule has 0 radical (unpaired) electrons. The van der Waals surface area contributed by atoms with Gasteiger partial charge in [-0.3, -0.25) is 0 Å². The molecule has 2 atom stereocenters. The Hall–Kier alpha value is 0.870. The van der Waals surface area contributed by atoms with Gasteiger partial charge < -0.3 is 9.66 Å². The standard InChI is InChI=1S/C8H18O4S.Na/c1-6(2)8(13(10,11)12)5-4-7(3)9;/h6-9H,4-5H2,1-3H3,(H,10,11,12);/q;+1/p-1. The Bertz CT molecular complexity index is 236. The Morgan fingerprint density at radius 2 is 1.64 bits per heavy atom. The molecule has 0 saturated heterocycles. The average Bonchev–Trinajstić information content (AvgIpc) is 1.81. The van der Waals surface area contributed by atoms with Crippen molar-refractivity contribution < 1.29 is 47.6 Å². The average molecular weight is 232 g/mol. The molecule has 4 nitrogen and oxygen atoms in total. The molecule has 0 amide bonds. The Labute approximate surface area is 108 Å². The summed E-state index contributed by atoms with van der Waals surface area (Å²) in [6, 6.07) is 0. The summed E-state index contributed by atoms with van der Waals surface area (Å²) in [4.78, 5) is 0. The zero-order valence-electron chi connectivity index (χ0n) is 9.23. The molecule has 0 aliphatic heterocycles. The summed E-state index contributed by atoms with van der Waals surface area (Å²) in [6.45, 7) is 4.97. The van der Waals surface area contributed by atoms with Crippen molar-refractivity contribution in [3.8, 4) is 0 Å². The van der Waals surface area contributed by atoms with E-state index in [1.165, 1.54) is 0 Å². The van der Waals surface area contributed by atoms with Gasteiger partial charge >= 0.3 is 29.6 Å². The van der Waals surface area contributed by atoms with Crippen molar-refractivity contribution in [1.82, 2.24) is 0 Å². The van der Waals surface area contributed by atoms with Crippen LogP contribution in [-0.2, 0) is 10.1 Å². The van der Waals surface area contributed by atoms with Crippen molar-refractivity contribution in [1.29, 1.82) is 0 Å². The molecular formula is C8H17NaO4S. The first kappa shape index (κ1) is 17.3. The van der Waals surface area contributed by atoms with Gasteiger partial charge in [0, 0.05) is 0 Å². The molecule has 0 bridgehead atoms. The van der Waals surface area contributed by atoms with Crippen LogP contribution in [0.15, 0.2) is 0 Å². The van der Waals surface area contributed by atoms with E-state index >= 15 is 0 Å². The first-order valence-corrected chi connectivity index (χ1v) is 5.85. The van der Waals surface area contributed by atoms with Gasteiger partial charge in [0.05, 0.1) is 21.5 Å². The van der Waals surface area contributed by atoms with E-state index in [4.69, 9.17) is 5.11 Å². The smallest absolute Gasteiger partial charge is 0.748 e. The molecule has 0 fully saturated rings. The molecule has 0 aromatic rings. The Balaban J connectivity index is 0. The van der Waals surface area contributed by atoms with E-state index in [0.717, 1.165) is 0 Å². The monoisotopic (exact) mass is 232 g/mol. The minimum absolute atomic E-state index is 0. The van der Waals surface area contributed by atoms with Gasteiger partial charge in [0.25, 0.3) is 0 Å². The molecule has 0 aromatic carbocycles. The zero-order valence-corrected chi connectivity index (χ0v) is 12.0. The fourth-order valence-corrected chi connectivity index (χ4v) is 2.31. The summed E-state index contributed by atoms with van der Waals surface area (Å²) >= 11 is 0. The molecule has 1 N–H and O–H groups in total. The van der Waals surface area contributed by atoms with Crippen molar-refractivity contribution in [3.63, 3.8) is 0 Å². The van der Waals surface area contributed by atoms with Crippen LogP contribution < -0.4 is 29.6 Å². The van der Waals surface area contributed by atoms with Crippen LogP contribution in [0, 0.1) is 5.92 Å². The van der Waals surface area contributed by atoms with Gasteiger partial charge in [0.2, 0.25) is 0 Å². The van der Waals surface area contributed by atoms with Gasteiger partial charge in [-0.25, -0.2) is 8.42 Å². The van der Waals surface area contributed by atoms with E-state index in [2.05, 4.69) is 0 Å². The molecule has 0 heterocycles. The molecule has 0 aliphatic rings. The molecule has 14 heavy (non-hydrogen) atoms. The molecule has 0 aromatic heterocycles. The van der Waals surface area contributed by atoms with E-state index in [-0.39, 0.29) is 41.9 Å². The first-order chi connectivity index (χ1) is 5.75. The van der Waals surface area contributed by atoms with Crippen molar-refractivity contribution in [3.05, 3.63) is 0 Å². The second kappa shape index (κ2) is 7.19. The van der Waals surface area contributed by atoms with Crippen LogP contribution in [0.4, 0.5) is 0 Å². The van der Waals surface area contributed by atoms with Crippen molar-refractivity contribution in [2.75, 3.05) is 0 Å². The Kier molecular flexibility index (Phi) is 8.87. The van der Waals surface area contributed by atoms with E-state index in [1.54, 1.807) is 20.8 Å². The summed E-state index contributed by atoms with van der Waals surface area (Å²) in [6.07, 6.45) is 0.0360. The Morgan fingerprint density at radius 3 is 1.86 bits per heavy atom. The minimum Gasteiger partial charge on any atom is -0.748 e. The maximum absolute atomic E-state index is 10.7. The molecular weight excluding hydrogens is 215 g/mol. The van der Waals surface area contributed by atoms with Gasteiger partial charge in [0.15, 0.2) is 0 Å². The SMILES string of the molecule is CC(O)CCC(C(C)C)S(=O)(=O)[O-].[Na+]. The van der Waals surface area contributed by atoms with Crippen LogP contribution >= 0.6 is 0 Å². The van der Waals surface area contributed by atoms with Crippen LogP contribution in [-0.4, -0.2) is 29.4 Å². The fourth-order valence-electron chi connectivity index (χ4n) is 1.22. The minimum atomic E-state index is -4.22. The zero-order chi connectivity index (χ0) is 10.6. The van der Waals surface area contributed by atoms with Gasteiger partial charge in [-0.05, 0) is 25.7 Å². The number of hydrogen-bond acceptors (Lipinski definition) is 4. The summed E-state index contributed by atoms with van der Waals surface area (Å²) in [5.41, 5.74) is 0. The van der Waals surface area contributed by atoms with Gasteiger partial charge in [-0.15, -0.1) is 0 Å². The van der Waals surface area contributed by atoms with Crippen molar-refractivity contribution in [2.45, 2.75) is 45.0 Å². The second-order valence-electron chi connectivity index (χ2n) is 3.70. The molecule has 0 aliphatic carbocycles. The summed E-state index contributed by atoms with van der Waals surface area (Å²) in [5.74, 6) is -0.193. The third-order valence-electron chi connectivity index (χ3n) is 1.98. The third-order valence-corrected chi connectivity index (χ3v) is 3.50. The Morgan fingerprint density at radius 1 is 1.21 bits per heavy atom. The van der Waals surface area contributed by atoms with Crippen molar-refractivity contribution in [2.24, 2.45) is 5.92 Å². The summed E-state index contributed by atoms with van der Waals surface area (Å²) in [7, 11) is -4.22. The van der Waals surface area contributed by atoms with Crippen LogP contribution in [0.25, 0.3) is 0 Å². The van der Waals surface area contributed by atoms with Gasteiger partial charge in [0.1, 0.15) is 0 Å². The number of rotatable bonds is 5. The molecule has 0 saturated carbocycles. The quantitative estimate of drug-likeness (QED) is 0.428. The van der Waals surface area contributed by atoms with Crippen LogP contribution in [0.1, 0.15) is 33.6 Å². The molecule has 0 rings (SSSR count). The molecule has 6 heteroatoms. The van der Waals surface area contributed by atoms with E-state index in [0.29, 0.717) is 6.42 Å². The second-order valence-corrected chi connectivity index (χ2v) is 5.29. The topological polar surface area (TPSA) is 77.4 Å². The van der Waals surface area contributed by atoms with Crippen LogP contribution in [0.2, 0.25) is 0 Å². The number of hydrogen-bond donors (Lipinski definition) is 1. The third kappa shape index (κ3) is 7.20. The van der Waals surface area contributed by atoms with Gasteiger partial charge in [-0.2, -0.15) is 0 Å². The van der Waals surface area contributed by atoms with E-state index in [9.17, 15) is 13.0 Å². The summed E-state index contributed by atoms with van der Waals surface area (Å²) in [5, 5.41) is 8.08. The molecule has 2 unspecified atom stereocenters. The maximum atomic E-state index is 10.7. The predicted molar refractivity (Wildman–Crippen MR) is 49.2 cm³/mol. The summed E-state index contributed by atoms with van der Waals surface area (Å²) < 4.78 is 32.2. The maximum Gasteiger partial charge on any atom is 1.00 e. The number of aliphatic hydroxyl groups is 1.